The van der Waals surface area contributed by atoms with Crippen LogP contribution in [0.4, 0.5) is 11.4 Å². The Morgan fingerprint density at radius 1 is 1.08 bits per heavy atom. The molecular weight excluding hydrogens is 368 g/mol. The van der Waals surface area contributed by atoms with Gasteiger partial charge in [0.15, 0.2) is 0 Å². The lowest BCUT2D eigenvalue weighted by atomic mass is 10.3. The van der Waals surface area contributed by atoms with E-state index in [0.29, 0.717) is 17.1 Å². The van der Waals surface area contributed by atoms with Crippen molar-refractivity contribution in [1.29, 1.82) is 0 Å². The molecule has 0 spiro atoms. The molecule has 0 bridgehead atoms. The number of carbonyl (C=O) groups excluding carboxylic acids is 1. The number of nitrogens with one attached hydrogen (secondary N) is 2. The zero-order valence-electron chi connectivity index (χ0n) is 13.1. The lowest BCUT2D eigenvalue weighted by Crippen LogP contribution is -2.19. The Hall–Kier alpha value is -2.62. The molecule has 10 heteroatoms. The molecule has 132 valence electrons. The maximum atomic E-state index is 11.9. The number of anilines is 2. The van der Waals surface area contributed by atoms with Gasteiger partial charge in [-0.05, 0) is 48.5 Å². The normalized spacial score (nSPS) is 11.7. The average Bonchev–Trinajstić information content (AvgIpc) is 2.59. The number of halogens is 1. The number of ether oxygens (including phenoxy) is 1. The lowest BCUT2D eigenvalue weighted by molar-refractivity contribution is -0.110. The van der Waals surface area contributed by atoms with Crippen LogP contribution < -0.4 is 20.6 Å². The van der Waals surface area contributed by atoms with Crippen LogP contribution in [0, 0.1) is 0 Å². The first-order valence-corrected chi connectivity index (χ1v) is 8.79. The molecule has 0 saturated heterocycles. The maximum absolute atomic E-state index is 11.9. The van der Waals surface area contributed by atoms with Crippen LogP contribution in [0.1, 0.15) is 0 Å². The number of amides is 1. The number of hydrazone groups is 1. The minimum absolute atomic E-state index is 0.0635. The van der Waals surface area contributed by atoms with Crippen molar-refractivity contribution in [2.45, 2.75) is 4.90 Å². The molecule has 0 atom stereocenters. The Morgan fingerprint density at radius 2 is 1.64 bits per heavy atom. The minimum Gasteiger partial charge on any atom is -0.497 e. The number of hydrogen-bond donors (Lipinski definition) is 3. The summed E-state index contributed by atoms with van der Waals surface area (Å²) in [6, 6.07) is 12.2. The molecule has 0 aliphatic heterocycles. The molecule has 0 aliphatic carbocycles. The van der Waals surface area contributed by atoms with Gasteiger partial charge < -0.3 is 10.1 Å². The fourth-order valence-electron chi connectivity index (χ4n) is 1.74. The van der Waals surface area contributed by atoms with Crippen molar-refractivity contribution >= 4 is 44.1 Å². The van der Waals surface area contributed by atoms with Crippen molar-refractivity contribution in [2.75, 3.05) is 17.9 Å². The summed E-state index contributed by atoms with van der Waals surface area (Å²) >= 11 is 5.83. The highest BCUT2D eigenvalue weighted by Crippen LogP contribution is 2.15. The van der Waals surface area contributed by atoms with E-state index in [1.165, 1.54) is 24.3 Å². The summed E-state index contributed by atoms with van der Waals surface area (Å²) in [6.07, 6.45) is 0. The van der Waals surface area contributed by atoms with Crippen molar-refractivity contribution in [2.24, 2.45) is 10.2 Å². The smallest absolute Gasteiger partial charge is 0.287 e. The van der Waals surface area contributed by atoms with Crippen LogP contribution in [0.5, 0.6) is 5.75 Å². The van der Waals surface area contributed by atoms with E-state index in [-0.39, 0.29) is 10.1 Å². The predicted octanol–water partition coefficient (Wildman–Crippen LogP) is 1.95. The second kappa shape index (κ2) is 7.97. The second-order valence-corrected chi connectivity index (χ2v) is 6.69. The minimum atomic E-state index is -3.79. The highest BCUT2D eigenvalue weighted by Gasteiger charge is 2.11. The van der Waals surface area contributed by atoms with Gasteiger partial charge in [-0.15, -0.1) is 0 Å². The summed E-state index contributed by atoms with van der Waals surface area (Å²) in [5.41, 5.74) is 3.59. The number of nitrogens with zero attached hydrogens (tertiary/aromatic N) is 1. The van der Waals surface area contributed by atoms with Crippen molar-refractivity contribution < 1.29 is 17.9 Å². The molecule has 1 amide bonds. The molecule has 0 radical (unpaired) electrons. The zero-order valence-corrected chi connectivity index (χ0v) is 14.6. The maximum Gasteiger partial charge on any atom is 0.287 e. The summed E-state index contributed by atoms with van der Waals surface area (Å²) < 4.78 is 27.4. The quantitative estimate of drug-likeness (QED) is 0.520. The van der Waals surface area contributed by atoms with Gasteiger partial charge in [0.2, 0.25) is 15.2 Å². The van der Waals surface area contributed by atoms with Crippen molar-refractivity contribution in [3.8, 4) is 5.75 Å². The van der Waals surface area contributed by atoms with Gasteiger partial charge in [0.05, 0.1) is 17.7 Å². The first kappa shape index (κ1) is 18.7. The highest BCUT2D eigenvalue weighted by atomic mass is 35.5. The van der Waals surface area contributed by atoms with Gasteiger partial charge in [-0.3, -0.25) is 10.2 Å². The summed E-state index contributed by atoms with van der Waals surface area (Å²) in [5, 5.41) is 10.9. The molecule has 0 aliphatic rings. The number of methoxy groups -OCH3 is 1. The highest BCUT2D eigenvalue weighted by molar-refractivity contribution is 7.89. The molecule has 2 aromatic rings. The van der Waals surface area contributed by atoms with E-state index in [9.17, 15) is 13.2 Å². The van der Waals surface area contributed by atoms with Crippen molar-refractivity contribution in [1.82, 2.24) is 0 Å². The van der Waals surface area contributed by atoms with Crippen molar-refractivity contribution in [3.63, 3.8) is 0 Å². The van der Waals surface area contributed by atoms with Gasteiger partial charge in [0.25, 0.3) is 5.91 Å². The second-order valence-electron chi connectivity index (χ2n) is 4.77. The molecule has 0 saturated carbocycles. The van der Waals surface area contributed by atoms with Gasteiger partial charge in [0, 0.05) is 5.69 Å². The van der Waals surface area contributed by atoms with Gasteiger partial charge in [-0.1, -0.05) is 11.6 Å². The zero-order chi connectivity index (χ0) is 18.4. The Morgan fingerprint density at radius 3 is 2.16 bits per heavy atom. The van der Waals surface area contributed by atoms with E-state index in [1.54, 1.807) is 31.4 Å². The van der Waals surface area contributed by atoms with Crippen LogP contribution in [0.15, 0.2) is 58.5 Å². The molecule has 2 rings (SSSR count). The third-order valence-corrected chi connectivity index (χ3v) is 4.19. The van der Waals surface area contributed by atoms with Gasteiger partial charge in [0.1, 0.15) is 5.75 Å². The van der Waals surface area contributed by atoms with Crippen molar-refractivity contribution in [3.05, 3.63) is 48.5 Å². The third kappa shape index (κ3) is 5.45. The number of hydrogen-bond acceptors (Lipinski definition) is 6. The number of rotatable bonds is 6. The topological polar surface area (TPSA) is 123 Å². The van der Waals surface area contributed by atoms with E-state index >= 15 is 0 Å². The number of primary sulfonamides is 1. The van der Waals surface area contributed by atoms with Crippen LogP contribution in [-0.4, -0.2) is 26.6 Å². The number of nitrogens with two attached hydrogens (primary N) is 1. The molecular formula is C15H15ClN4O4S. The Labute approximate surface area is 149 Å². The van der Waals surface area contributed by atoms with Gasteiger partial charge in [-0.2, -0.15) is 5.10 Å². The van der Waals surface area contributed by atoms with Crippen LogP contribution in [0.25, 0.3) is 0 Å². The van der Waals surface area contributed by atoms with E-state index in [4.69, 9.17) is 21.5 Å². The summed E-state index contributed by atoms with van der Waals surface area (Å²) in [7, 11) is -2.24. The summed E-state index contributed by atoms with van der Waals surface area (Å²) in [6.45, 7) is 0. The monoisotopic (exact) mass is 382 g/mol. The molecule has 25 heavy (non-hydrogen) atoms. The molecule has 0 aromatic heterocycles. The summed E-state index contributed by atoms with van der Waals surface area (Å²) in [5.74, 6) is 0.0207. The van der Waals surface area contributed by atoms with E-state index in [1.807, 2.05) is 0 Å². The fourth-order valence-corrected chi connectivity index (χ4v) is 2.35. The Kier molecular flexibility index (Phi) is 5.97. The van der Waals surface area contributed by atoms with Crippen LogP contribution in [-0.2, 0) is 14.8 Å². The molecule has 0 heterocycles. The average molecular weight is 383 g/mol. The standard InChI is InChI=1S/C15H15ClN4O4S/c1-24-12-6-2-11(3-7-12)19-20-14(16)15(21)18-10-4-8-13(9-5-10)25(17,22)23/h2-9,19H,1H3,(H,18,21)(H2,17,22,23)/b20-14-. The molecule has 0 fully saturated rings. The van der Waals surface area contributed by atoms with Crippen LogP contribution in [0.3, 0.4) is 0 Å². The first-order chi connectivity index (χ1) is 11.8. The Balaban J connectivity index is 1.99. The third-order valence-electron chi connectivity index (χ3n) is 3.00. The number of sulfonamides is 1. The first-order valence-electron chi connectivity index (χ1n) is 6.87. The molecule has 4 N–H and O–H groups in total. The predicted molar refractivity (Wildman–Crippen MR) is 96.3 cm³/mol. The molecule has 8 nitrogen and oxygen atoms in total. The number of benzene rings is 2. The van der Waals surface area contributed by atoms with Gasteiger partial charge in [-0.25, -0.2) is 13.6 Å². The largest absolute Gasteiger partial charge is 0.497 e. The van der Waals surface area contributed by atoms with E-state index < -0.39 is 15.9 Å². The fraction of sp³-hybridized carbons (Fsp3) is 0.0667. The molecule has 2 aromatic carbocycles. The van der Waals surface area contributed by atoms with Crippen LogP contribution >= 0.6 is 11.6 Å². The van der Waals surface area contributed by atoms with Gasteiger partial charge >= 0.3 is 0 Å². The SMILES string of the molecule is COc1ccc(N/N=C(\Cl)C(=O)Nc2ccc(S(N)(=O)=O)cc2)cc1. The Bertz CT molecular complexity index is 881. The number of carbonyl (C=O) groups is 1. The van der Waals surface area contributed by atoms with Crippen LogP contribution in [0.2, 0.25) is 0 Å². The summed E-state index contributed by atoms with van der Waals surface area (Å²) in [4.78, 5) is 11.9. The molecule has 0 unspecified atom stereocenters. The lowest BCUT2D eigenvalue weighted by Gasteiger charge is -2.06. The van der Waals surface area contributed by atoms with E-state index in [2.05, 4.69) is 15.8 Å². The van der Waals surface area contributed by atoms with E-state index in [0.717, 1.165) is 0 Å².